The summed E-state index contributed by atoms with van der Waals surface area (Å²) in [6.07, 6.45) is 2.38. The minimum absolute atomic E-state index is 0.145. The van der Waals surface area contributed by atoms with Crippen molar-refractivity contribution in [3.63, 3.8) is 0 Å². The van der Waals surface area contributed by atoms with E-state index in [1.165, 1.54) is 0 Å². The summed E-state index contributed by atoms with van der Waals surface area (Å²) in [7, 11) is 0. The van der Waals surface area contributed by atoms with Crippen LogP contribution in [0.1, 0.15) is 49.2 Å². The number of ether oxygens (including phenoxy) is 1. The Labute approximate surface area is 241 Å². The third-order valence-electron chi connectivity index (χ3n) is 7.68. The number of benzene rings is 3. The molecule has 0 saturated carbocycles. The van der Waals surface area contributed by atoms with E-state index in [-0.39, 0.29) is 23.4 Å². The Hall–Kier alpha value is -4.23. The lowest BCUT2D eigenvalue weighted by atomic mass is 9.96. The number of aromatic nitrogens is 1. The smallest absolute Gasteiger partial charge is 0.310 e. The lowest BCUT2D eigenvalue weighted by Crippen LogP contribution is -2.41. The second-order valence-electron chi connectivity index (χ2n) is 10.5. The summed E-state index contributed by atoms with van der Waals surface area (Å²) in [5, 5.41) is 1.14. The number of pyridine rings is 1. The molecule has 4 aromatic rings. The lowest BCUT2D eigenvalue weighted by molar-refractivity contribution is -0.150. The summed E-state index contributed by atoms with van der Waals surface area (Å²) in [4.78, 5) is 45.4. The van der Waals surface area contributed by atoms with Crippen molar-refractivity contribution in [1.29, 1.82) is 0 Å². The van der Waals surface area contributed by atoms with E-state index in [0.29, 0.717) is 54.0 Å². The monoisotopic (exact) mass is 551 g/mol. The molecule has 0 bridgehead atoms. The maximum atomic E-state index is 14.7. The predicted molar refractivity (Wildman–Crippen MR) is 163 cm³/mol. The van der Waals surface area contributed by atoms with Crippen LogP contribution in [0, 0.1) is 5.92 Å². The molecule has 41 heavy (non-hydrogen) atoms. The normalized spacial score (nSPS) is 15.5. The third kappa shape index (κ3) is 5.95. The van der Waals surface area contributed by atoms with E-state index in [1.807, 2.05) is 90.7 Å². The van der Waals surface area contributed by atoms with Gasteiger partial charge in [-0.2, -0.15) is 0 Å². The molecule has 0 N–H and O–H groups in total. The van der Waals surface area contributed by atoms with Crippen LogP contribution in [0.3, 0.4) is 0 Å². The number of hydrogen-bond donors (Lipinski definition) is 0. The van der Waals surface area contributed by atoms with E-state index in [9.17, 15) is 14.4 Å². The van der Waals surface area contributed by atoms with Gasteiger partial charge in [0.15, 0.2) is 0 Å². The average Bonchev–Trinajstić information content (AvgIpc) is 3.01. The first-order valence-electron chi connectivity index (χ1n) is 14.5. The number of anilines is 1. The number of likely N-dealkylation sites (tertiary alicyclic amines) is 1. The van der Waals surface area contributed by atoms with Gasteiger partial charge < -0.3 is 9.64 Å². The summed E-state index contributed by atoms with van der Waals surface area (Å²) in [5.74, 6) is -0.570. The van der Waals surface area contributed by atoms with Gasteiger partial charge in [-0.3, -0.25) is 23.9 Å². The van der Waals surface area contributed by atoms with E-state index in [1.54, 1.807) is 10.6 Å². The van der Waals surface area contributed by atoms with Gasteiger partial charge in [0.2, 0.25) is 0 Å². The van der Waals surface area contributed by atoms with Crippen molar-refractivity contribution in [2.75, 3.05) is 31.1 Å². The highest BCUT2D eigenvalue weighted by atomic mass is 16.5. The summed E-state index contributed by atoms with van der Waals surface area (Å²) in [6.45, 7) is 6.38. The van der Waals surface area contributed by atoms with Gasteiger partial charge in [0.05, 0.1) is 23.8 Å². The molecule has 0 aliphatic carbocycles. The summed E-state index contributed by atoms with van der Waals surface area (Å²) < 4.78 is 7.03. The molecule has 7 heteroatoms. The number of piperidine rings is 1. The zero-order valence-electron chi connectivity index (χ0n) is 23.8. The zero-order valence-corrected chi connectivity index (χ0v) is 23.8. The van der Waals surface area contributed by atoms with Crippen LogP contribution in [0.15, 0.2) is 89.7 Å². The van der Waals surface area contributed by atoms with Gasteiger partial charge in [-0.1, -0.05) is 61.5 Å². The molecule has 1 fully saturated rings. The second kappa shape index (κ2) is 13.0. The maximum Gasteiger partial charge on any atom is 0.310 e. The SMILES string of the molecule is CCCN(C(=O)c1c(CN2CCCC(C(=O)OCC)C2)n(-c2ccccc2)c(=O)c2ccccc12)c1ccccc1. The number of esters is 1. The topological polar surface area (TPSA) is 71.9 Å². The van der Waals surface area contributed by atoms with Crippen LogP contribution in [-0.4, -0.2) is 47.6 Å². The first kappa shape index (κ1) is 28.3. The van der Waals surface area contributed by atoms with E-state index in [0.717, 1.165) is 31.5 Å². The van der Waals surface area contributed by atoms with Crippen molar-refractivity contribution >= 4 is 28.3 Å². The fraction of sp³-hybridized carbons (Fsp3) is 0.324. The Morgan fingerprint density at radius 3 is 2.24 bits per heavy atom. The molecule has 3 aromatic carbocycles. The minimum Gasteiger partial charge on any atom is -0.466 e. The molecule has 0 radical (unpaired) electrons. The molecule has 2 heterocycles. The molecule has 212 valence electrons. The van der Waals surface area contributed by atoms with E-state index in [2.05, 4.69) is 11.8 Å². The molecule has 1 aliphatic heterocycles. The van der Waals surface area contributed by atoms with Crippen LogP contribution in [0.2, 0.25) is 0 Å². The van der Waals surface area contributed by atoms with Crippen molar-refractivity contribution in [1.82, 2.24) is 9.47 Å². The highest BCUT2D eigenvalue weighted by molar-refractivity contribution is 6.15. The van der Waals surface area contributed by atoms with Crippen molar-refractivity contribution in [2.24, 2.45) is 5.92 Å². The summed E-state index contributed by atoms with van der Waals surface area (Å²) in [5.41, 5.74) is 2.49. The number of amides is 1. The molecule has 1 aromatic heterocycles. The summed E-state index contributed by atoms with van der Waals surface area (Å²) in [6, 6.07) is 26.5. The van der Waals surface area contributed by atoms with Crippen molar-refractivity contribution < 1.29 is 14.3 Å². The highest BCUT2D eigenvalue weighted by Gasteiger charge is 2.31. The van der Waals surface area contributed by atoms with Gasteiger partial charge in [-0.05, 0) is 63.1 Å². The van der Waals surface area contributed by atoms with E-state index in [4.69, 9.17) is 4.74 Å². The van der Waals surface area contributed by atoms with Crippen LogP contribution in [0.5, 0.6) is 0 Å². The zero-order chi connectivity index (χ0) is 28.8. The molecule has 1 atom stereocenters. The van der Waals surface area contributed by atoms with Crippen LogP contribution < -0.4 is 10.5 Å². The van der Waals surface area contributed by atoms with Gasteiger partial charge >= 0.3 is 5.97 Å². The number of hydrogen-bond acceptors (Lipinski definition) is 5. The number of fused-ring (bicyclic) bond motifs is 1. The number of para-hydroxylation sites is 2. The van der Waals surface area contributed by atoms with Crippen molar-refractivity contribution in [2.45, 2.75) is 39.7 Å². The Balaban J connectivity index is 1.72. The van der Waals surface area contributed by atoms with Crippen molar-refractivity contribution in [3.05, 3.63) is 107 Å². The number of carbonyl (C=O) groups is 2. The van der Waals surface area contributed by atoms with E-state index >= 15 is 0 Å². The molecule has 0 spiro atoms. The van der Waals surface area contributed by atoms with Crippen LogP contribution >= 0.6 is 0 Å². The van der Waals surface area contributed by atoms with Crippen LogP contribution in [-0.2, 0) is 16.1 Å². The Morgan fingerprint density at radius 2 is 1.56 bits per heavy atom. The minimum atomic E-state index is -0.235. The number of nitrogens with zero attached hydrogens (tertiary/aromatic N) is 3. The standard InChI is InChI=1S/C34H37N3O4/c1-3-21-36(26-15-7-5-8-16-26)33(39)31-28-19-11-12-20-29(28)32(38)37(27-17-9-6-10-18-27)30(31)24-35-22-13-14-25(23-35)34(40)41-4-2/h5-12,15-20,25H,3-4,13-14,21-24H2,1-2H3. The Morgan fingerprint density at radius 1 is 0.902 bits per heavy atom. The first-order chi connectivity index (χ1) is 20.0. The number of carbonyl (C=O) groups excluding carboxylic acids is 2. The molecule has 1 saturated heterocycles. The highest BCUT2D eigenvalue weighted by Crippen LogP contribution is 2.29. The Kier molecular flexibility index (Phi) is 8.95. The fourth-order valence-corrected chi connectivity index (χ4v) is 5.81. The van der Waals surface area contributed by atoms with Crippen LogP contribution in [0.4, 0.5) is 5.69 Å². The maximum absolute atomic E-state index is 14.7. The first-order valence-corrected chi connectivity index (χ1v) is 14.5. The average molecular weight is 552 g/mol. The molecule has 1 aliphatic rings. The lowest BCUT2D eigenvalue weighted by Gasteiger charge is -2.33. The predicted octanol–water partition coefficient (Wildman–Crippen LogP) is 5.82. The van der Waals surface area contributed by atoms with Gasteiger partial charge in [0, 0.05) is 41.8 Å². The van der Waals surface area contributed by atoms with Gasteiger partial charge in [-0.25, -0.2) is 0 Å². The largest absolute Gasteiger partial charge is 0.466 e. The molecule has 1 unspecified atom stereocenters. The Bertz CT molecular complexity index is 1570. The second-order valence-corrected chi connectivity index (χ2v) is 10.5. The molecular weight excluding hydrogens is 514 g/mol. The number of rotatable bonds is 9. The van der Waals surface area contributed by atoms with E-state index < -0.39 is 0 Å². The van der Waals surface area contributed by atoms with Crippen molar-refractivity contribution in [3.8, 4) is 5.69 Å². The van der Waals surface area contributed by atoms with Gasteiger partial charge in [0.1, 0.15) is 0 Å². The summed E-state index contributed by atoms with van der Waals surface area (Å²) >= 11 is 0. The fourth-order valence-electron chi connectivity index (χ4n) is 5.81. The molecule has 5 rings (SSSR count). The molecule has 1 amide bonds. The molecular formula is C34H37N3O4. The van der Waals surface area contributed by atoms with Gasteiger partial charge in [0.25, 0.3) is 11.5 Å². The quantitative estimate of drug-likeness (QED) is 0.245. The third-order valence-corrected chi connectivity index (χ3v) is 7.68. The van der Waals surface area contributed by atoms with Crippen LogP contribution in [0.25, 0.3) is 16.5 Å². The van der Waals surface area contributed by atoms with Gasteiger partial charge in [-0.15, -0.1) is 0 Å². The molecule has 7 nitrogen and oxygen atoms in total.